The van der Waals surface area contributed by atoms with Crippen LogP contribution in [0, 0.1) is 23.2 Å². The maximum atomic E-state index is 3.81. The Balaban J connectivity index is 2.00. The zero-order chi connectivity index (χ0) is 14.9. The normalized spacial score (nSPS) is 30.4. The second-order valence-corrected chi connectivity index (χ2v) is 8.49. The standard InChI is InChI=1S/C18H36N2/c1-13(2)9-16-11-20(17(10-19-16)14(3)4)12-18(7-8-18)15(5)6/h13-17,19H,7-12H2,1-6H3. The lowest BCUT2D eigenvalue weighted by Crippen LogP contribution is -2.59. The van der Waals surface area contributed by atoms with Gasteiger partial charge >= 0.3 is 0 Å². The van der Waals surface area contributed by atoms with Crippen LogP contribution in [0.5, 0.6) is 0 Å². The van der Waals surface area contributed by atoms with E-state index in [2.05, 4.69) is 51.8 Å². The Bertz CT molecular complexity index is 305. The second kappa shape index (κ2) is 6.36. The molecule has 118 valence electrons. The van der Waals surface area contributed by atoms with Crippen molar-refractivity contribution in [3.05, 3.63) is 0 Å². The van der Waals surface area contributed by atoms with Gasteiger partial charge in [-0.05, 0) is 42.4 Å². The number of piperazine rings is 1. The average Bonchev–Trinajstić information content (AvgIpc) is 3.09. The number of nitrogens with one attached hydrogen (secondary N) is 1. The fourth-order valence-corrected chi connectivity index (χ4v) is 3.95. The van der Waals surface area contributed by atoms with E-state index in [1.165, 1.54) is 38.9 Å². The zero-order valence-electron chi connectivity index (χ0n) is 14.6. The van der Waals surface area contributed by atoms with Gasteiger partial charge in [0.2, 0.25) is 0 Å². The molecule has 2 heteroatoms. The van der Waals surface area contributed by atoms with Crippen molar-refractivity contribution in [1.82, 2.24) is 10.2 Å². The molecule has 0 aromatic carbocycles. The Kier molecular flexibility index (Phi) is 5.18. The predicted molar refractivity (Wildman–Crippen MR) is 87.9 cm³/mol. The van der Waals surface area contributed by atoms with Gasteiger partial charge in [-0.3, -0.25) is 4.90 Å². The van der Waals surface area contributed by atoms with Gasteiger partial charge in [0.1, 0.15) is 0 Å². The molecule has 2 aliphatic rings. The fraction of sp³-hybridized carbons (Fsp3) is 1.00. The van der Waals surface area contributed by atoms with Gasteiger partial charge in [-0.15, -0.1) is 0 Å². The van der Waals surface area contributed by atoms with Crippen LogP contribution in [0.1, 0.15) is 60.8 Å². The smallest absolute Gasteiger partial charge is 0.0244 e. The third kappa shape index (κ3) is 3.76. The molecule has 0 spiro atoms. The summed E-state index contributed by atoms with van der Waals surface area (Å²) in [5.74, 6) is 2.39. The minimum atomic E-state index is 0.646. The molecule has 0 radical (unpaired) electrons. The van der Waals surface area contributed by atoms with E-state index in [4.69, 9.17) is 0 Å². The molecule has 2 unspecified atom stereocenters. The second-order valence-electron chi connectivity index (χ2n) is 8.49. The van der Waals surface area contributed by atoms with Crippen molar-refractivity contribution in [2.24, 2.45) is 23.2 Å². The summed E-state index contributed by atoms with van der Waals surface area (Å²) in [5, 5.41) is 3.81. The van der Waals surface area contributed by atoms with E-state index in [0.29, 0.717) is 11.5 Å². The summed E-state index contributed by atoms with van der Waals surface area (Å²) in [6.45, 7) is 18.1. The molecule has 1 aliphatic carbocycles. The summed E-state index contributed by atoms with van der Waals surface area (Å²) in [4.78, 5) is 2.83. The van der Waals surface area contributed by atoms with Crippen molar-refractivity contribution >= 4 is 0 Å². The first-order valence-electron chi connectivity index (χ1n) is 8.81. The molecule has 1 saturated heterocycles. The van der Waals surface area contributed by atoms with Gasteiger partial charge < -0.3 is 5.32 Å². The van der Waals surface area contributed by atoms with Crippen LogP contribution in [0.2, 0.25) is 0 Å². The lowest BCUT2D eigenvalue weighted by Gasteiger charge is -2.45. The van der Waals surface area contributed by atoms with E-state index in [1.54, 1.807) is 0 Å². The highest BCUT2D eigenvalue weighted by Gasteiger charge is 2.48. The number of nitrogens with zero attached hydrogens (tertiary/aromatic N) is 1. The van der Waals surface area contributed by atoms with Crippen LogP contribution in [0.25, 0.3) is 0 Å². The maximum absolute atomic E-state index is 3.81. The van der Waals surface area contributed by atoms with Gasteiger partial charge in [0.25, 0.3) is 0 Å². The highest BCUT2D eigenvalue weighted by molar-refractivity contribution is 5.00. The van der Waals surface area contributed by atoms with E-state index in [1.807, 2.05) is 0 Å². The fourth-order valence-electron chi connectivity index (χ4n) is 3.95. The van der Waals surface area contributed by atoms with Crippen LogP contribution in [-0.2, 0) is 0 Å². The molecule has 2 nitrogen and oxygen atoms in total. The van der Waals surface area contributed by atoms with Crippen LogP contribution in [0.15, 0.2) is 0 Å². The van der Waals surface area contributed by atoms with Crippen molar-refractivity contribution < 1.29 is 0 Å². The Morgan fingerprint density at radius 2 is 1.75 bits per heavy atom. The monoisotopic (exact) mass is 280 g/mol. The summed E-state index contributed by atoms with van der Waals surface area (Å²) in [5.41, 5.74) is 0.646. The van der Waals surface area contributed by atoms with E-state index in [9.17, 15) is 0 Å². The summed E-state index contributed by atoms with van der Waals surface area (Å²) < 4.78 is 0. The van der Waals surface area contributed by atoms with E-state index in [0.717, 1.165) is 23.8 Å². The Morgan fingerprint density at radius 1 is 1.10 bits per heavy atom. The molecule has 0 bridgehead atoms. The van der Waals surface area contributed by atoms with Gasteiger partial charge in [0.15, 0.2) is 0 Å². The summed E-state index contributed by atoms with van der Waals surface area (Å²) in [6.07, 6.45) is 4.22. The molecule has 20 heavy (non-hydrogen) atoms. The van der Waals surface area contributed by atoms with Gasteiger partial charge in [-0.1, -0.05) is 41.5 Å². The lowest BCUT2D eigenvalue weighted by molar-refractivity contribution is 0.0614. The average molecular weight is 280 g/mol. The molecule has 0 aromatic rings. The van der Waals surface area contributed by atoms with Crippen LogP contribution in [0.3, 0.4) is 0 Å². The van der Waals surface area contributed by atoms with E-state index in [-0.39, 0.29) is 0 Å². The predicted octanol–water partition coefficient (Wildman–Crippen LogP) is 3.77. The molecular formula is C18H36N2. The van der Waals surface area contributed by atoms with Gasteiger partial charge in [-0.2, -0.15) is 0 Å². The number of hydrogen-bond donors (Lipinski definition) is 1. The SMILES string of the molecule is CC(C)CC1CN(CC2(C(C)C)CC2)C(C(C)C)CN1. The molecular weight excluding hydrogens is 244 g/mol. The summed E-state index contributed by atoms with van der Waals surface area (Å²) in [6, 6.07) is 1.43. The van der Waals surface area contributed by atoms with Crippen molar-refractivity contribution in [2.75, 3.05) is 19.6 Å². The van der Waals surface area contributed by atoms with Gasteiger partial charge in [0, 0.05) is 31.7 Å². The lowest BCUT2D eigenvalue weighted by atomic mass is 9.88. The van der Waals surface area contributed by atoms with Crippen LogP contribution >= 0.6 is 0 Å². The first-order chi connectivity index (χ1) is 9.34. The van der Waals surface area contributed by atoms with Gasteiger partial charge in [-0.25, -0.2) is 0 Å². The molecule has 0 amide bonds. The molecule has 2 atom stereocenters. The third-order valence-corrected chi connectivity index (χ3v) is 5.70. The van der Waals surface area contributed by atoms with Gasteiger partial charge in [0.05, 0.1) is 0 Å². The van der Waals surface area contributed by atoms with Crippen molar-refractivity contribution in [3.8, 4) is 0 Å². The Labute approximate surface area is 126 Å². The van der Waals surface area contributed by atoms with Crippen molar-refractivity contribution in [1.29, 1.82) is 0 Å². The molecule has 2 rings (SSSR count). The first kappa shape index (κ1) is 16.3. The van der Waals surface area contributed by atoms with Crippen LogP contribution in [-0.4, -0.2) is 36.6 Å². The van der Waals surface area contributed by atoms with Crippen LogP contribution in [0.4, 0.5) is 0 Å². The minimum absolute atomic E-state index is 0.646. The molecule has 1 saturated carbocycles. The summed E-state index contributed by atoms with van der Waals surface area (Å²) >= 11 is 0. The Morgan fingerprint density at radius 3 is 2.20 bits per heavy atom. The molecule has 2 fully saturated rings. The molecule has 1 N–H and O–H groups in total. The first-order valence-corrected chi connectivity index (χ1v) is 8.81. The van der Waals surface area contributed by atoms with E-state index < -0.39 is 0 Å². The third-order valence-electron chi connectivity index (χ3n) is 5.70. The summed E-state index contributed by atoms with van der Waals surface area (Å²) in [7, 11) is 0. The minimum Gasteiger partial charge on any atom is -0.311 e. The molecule has 0 aromatic heterocycles. The highest BCUT2D eigenvalue weighted by atomic mass is 15.2. The Hall–Kier alpha value is -0.0800. The number of hydrogen-bond acceptors (Lipinski definition) is 2. The van der Waals surface area contributed by atoms with Crippen molar-refractivity contribution in [2.45, 2.75) is 72.9 Å². The van der Waals surface area contributed by atoms with Crippen molar-refractivity contribution in [3.63, 3.8) is 0 Å². The van der Waals surface area contributed by atoms with E-state index >= 15 is 0 Å². The number of rotatable bonds is 6. The molecule has 1 aliphatic heterocycles. The largest absolute Gasteiger partial charge is 0.311 e. The molecule has 1 heterocycles. The maximum Gasteiger partial charge on any atom is 0.0244 e. The quantitative estimate of drug-likeness (QED) is 0.797. The highest BCUT2D eigenvalue weighted by Crippen LogP contribution is 2.52. The topological polar surface area (TPSA) is 15.3 Å². The zero-order valence-corrected chi connectivity index (χ0v) is 14.6. The van der Waals surface area contributed by atoms with Crippen LogP contribution < -0.4 is 5.32 Å².